The Hall–Kier alpha value is -2.82. The predicted molar refractivity (Wildman–Crippen MR) is 95.8 cm³/mol. The third-order valence-electron chi connectivity index (χ3n) is 4.04. The molecule has 0 aliphatic carbocycles. The number of hydrogen-bond donors (Lipinski definition) is 1. The molecule has 0 radical (unpaired) electrons. The molecule has 1 aromatic heterocycles. The second-order valence-corrected chi connectivity index (χ2v) is 5.87. The highest BCUT2D eigenvalue weighted by Gasteiger charge is 2.16. The second-order valence-electron chi connectivity index (χ2n) is 5.87. The molecule has 25 heavy (non-hydrogen) atoms. The van der Waals surface area contributed by atoms with Crippen LogP contribution < -0.4 is 5.73 Å². The molecule has 0 aliphatic rings. The maximum Gasteiger partial charge on any atom is 0.221 e. The number of nitrogens with zero attached hydrogens (tertiary/aromatic N) is 2. The quantitative estimate of drug-likeness (QED) is 0.710. The van der Waals surface area contributed by atoms with E-state index in [4.69, 9.17) is 5.73 Å². The summed E-state index contributed by atoms with van der Waals surface area (Å²) in [6.45, 7) is 2.10. The minimum Gasteiger partial charge on any atom is -0.368 e. The molecule has 3 rings (SSSR count). The summed E-state index contributed by atoms with van der Waals surface area (Å²) in [6, 6.07) is 12.3. The van der Waals surface area contributed by atoms with Crippen LogP contribution in [0.15, 0.2) is 48.5 Å². The van der Waals surface area contributed by atoms with Crippen LogP contribution >= 0.6 is 0 Å². The number of aromatic nitrogens is 2. The van der Waals surface area contributed by atoms with Gasteiger partial charge in [-0.05, 0) is 61.4 Å². The Morgan fingerprint density at radius 3 is 1.64 bits per heavy atom. The van der Waals surface area contributed by atoms with E-state index in [1.807, 2.05) is 0 Å². The molecule has 3 nitrogen and oxygen atoms in total. The molecule has 0 saturated carbocycles. The number of halogens is 2. The molecule has 0 aliphatic heterocycles. The highest BCUT2D eigenvalue weighted by Crippen LogP contribution is 2.32. The van der Waals surface area contributed by atoms with Gasteiger partial charge in [0.1, 0.15) is 11.6 Å². The monoisotopic (exact) mass is 339 g/mol. The van der Waals surface area contributed by atoms with Crippen molar-refractivity contribution < 1.29 is 8.78 Å². The Morgan fingerprint density at radius 1 is 0.800 bits per heavy atom. The molecule has 5 heteroatoms. The average Bonchev–Trinajstić information content (AvgIpc) is 2.61. The summed E-state index contributed by atoms with van der Waals surface area (Å²) in [4.78, 5) is 8.80. The topological polar surface area (TPSA) is 51.8 Å². The first-order valence-corrected chi connectivity index (χ1v) is 8.26. The minimum absolute atomic E-state index is 0.138. The summed E-state index contributed by atoms with van der Waals surface area (Å²) < 4.78 is 26.5. The summed E-state index contributed by atoms with van der Waals surface area (Å²) in [7, 11) is 0. The van der Waals surface area contributed by atoms with Crippen LogP contribution in [0.2, 0.25) is 0 Å². The van der Waals surface area contributed by atoms with Gasteiger partial charge in [-0.15, -0.1) is 0 Å². The molecule has 2 N–H and O–H groups in total. The third kappa shape index (κ3) is 3.82. The van der Waals surface area contributed by atoms with Crippen LogP contribution in [-0.4, -0.2) is 9.97 Å². The van der Waals surface area contributed by atoms with Crippen molar-refractivity contribution in [2.45, 2.75) is 26.2 Å². The lowest BCUT2D eigenvalue weighted by molar-refractivity contribution is 0.627. The zero-order valence-corrected chi connectivity index (χ0v) is 14.0. The standard InChI is InChI=1S/C20H19F2N3/c1-2-3-4-17-18(13-5-9-15(21)10-6-13)24-20(23)25-19(17)14-7-11-16(22)12-8-14/h5-12H,2-4H2,1H3,(H2,23,24,25). The van der Waals surface area contributed by atoms with Gasteiger partial charge < -0.3 is 5.73 Å². The van der Waals surface area contributed by atoms with E-state index in [9.17, 15) is 8.78 Å². The van der Waals surface area contributed by atoms with E-state index in [1.54, 1.807) is 24.3 Å². The molecule has 0 atom stereocenters. The summed E-state index contributed by atoms with van der Waals surface area (Å²) in [5.41, 5.74) is 9.81. The van der Waals surface area contributed by atoms with Gasteiger partial charge in [-0.25, -0.2) is 18.7 Å². The first-order chi connectivity index (χ1) is 12.1. The number of nitrogens with two attached hydrogens (primary N) is 1. The van der Waals surface area contributed by atoms with Crippen LogP contribution in [0.4, 0.5) is 14.7 Å². The van der Waals surface area contributed by atoms with E-state index in [0.29, 0.717) is 11.4 Å². The van der Waals surface area contributed by atoms with Gasteiger partial charge in [-0.1, -0.05) is 13.3 Å². The number of anilines is 1. The van der Waals surface area contributed by atoms with Crippen LogP contribution in [-0.2, 0) is 6.42 Å². The van der Waals surface area contributed by atoms with Gasteiger partial charge in [0.2, 0.25) is 5.95 Å². The maximum absolute atomic E-state index is 13.3. The number of nitrogen functional groups attached to an aromatic ring is 1. The Kier molecular flexibility index (Phi) is 5.03. The predicted octanol–water partition coefficient (Wildman–Crippen LogP) is 5.01. The van der Waals surface area contributed by atoms with Crippen molar-refractivity contribution in [2.75, 3.05) is 5.73 Å². The number of unbranched alkanes of at least 4 members (excludes halogenated alkanes) is 1. The van der Waals surface area contributed by atoms with Gasteiger partial charge in [-0.2, -0.15) is 0 Å². The fraction of sp³-hybridized carbons (Fsp3) is 0.200. The summed E-state index contributed by atoms with van der Waals surface area (Å²) in [6.07, 6.45) is 2.72. The summed E-state index contributed by atoms with van der Waals surface area (Å²) in [5, 5.41) is 0. The first-order valence-electron chi connectivity index (χ1n) is 8.26. The molecular formula is C20H19F2N3. The molecule has 2 aromatic carbocycles. The van der Waals surface area contributed by atoms with Gasteiger partial charge in [0.05, 0.1) is 11.4 Å². The van der Waals surface area contributed by atoms with Crippen molar-refractivity contribution in [3.05, 3.63) is 65.7 Å². The Balaban J connectivity index is 2.19. The van der Waals surface area contributed by atoms with Crippen LogP contribution in [0.3, 0.4) is 0 Å². The Labute approximate surface area is 145 Å². The molecule has 3 aromatic rings. The molecule has 0 bridgehead atoms. The van der Waals surface area contributed by atoms with Gasteiger partial charge >= 0.3 is 0 Å². The van der Waals surface area contributed by atoms with Gasteiger partial charge in [0.15, 0.2) is 0 Å². The highest BCUT2D eigenvalue weighted by atomic mass is 19.1. The highest BCUT2D eigenvalue weighted by molar-refractivity contribution is 5.74. The van der Waals surface area contributed by atoms with E-state index in [0.717, 1.165) is 36.0 Å². The van der Waals surface area contributed by atoms with Crippen molar-refractivity contribution in [1.29, 1.82) is 0 Å². The lowest BCUT2D eigenvalue weighted by atomic mass is 9.96. The summed E-state index contributed by atoms with van der Waals surface area (Å²) >= 11 is 0. The lowest BCUT2D eigenvalue weighted by Crippen LogP contribution is -2.05. The molecule has 0 amide bonds. The molecule has 0 spiro atoms. The van der Waals surface area contributed by atoms with Crippen molar-refractivity contribution >= 4 is 5.95 Å². The van der Waals surface area contributed by atoms with Crippen LogP contribution in [0.1, 0.15) is 25.3 Å². The molecule has 1 heterocycles. The fourth-order valence-electron chi connectivity index (χ4n) is 2.78. The average molecular weight is 339 g/mol. The van der Waals surface area contributed by atoms with Crippen LogP contribution in [0.5, 0.6) is 0 Å². The van der Waals surface area contributed by atoms with Gasteiger partial charge in [0, 0.05) is 16.7 Å². The Morgan fingerprint density at radius 2 is 1.24 bits per heavy atom. The maximum atomic E-state index is 13.3. The number of hydrogen-bond acceptors (Lipinski definition) is 3. The molecular weight excluding hydrogens is 320 g/mol. The van der Waals surface area contributed by atoms with Crippen molar-refractivity contribution in [1.82, 2.24) is 9.97 Å². The van der Waals surface area contributed by atoms with E-state index >= 15 is 0 Å². The fourth-order valence-corrected chi connectivity index (χ4v) is 2.78. The molecule has 0 fully saturated rings. The smallest absolute Gasteiger partial charge is 0.221 e. The molecule has 128 valence electrons. The normalized spacial score (nSPS) is 10.8. The summed E-state index contributed by atoms with van der Waals surface area (Å²) in [5.74, 6) is -0.474. The van der Waals surface area contributed by atoms with E-state index in [1.165, 1.54) is 24.3 Å². The van der Waals surface area contributed by atoms with Crippen LogP contribution in [0, 0.1) is 11.6 Å². The molecule has 0 saturated heterocycles. The second kappa shape index (κ2) is 7.38. The number of benzene rings is 2. The largest absolute Gasteiger partial charge is 0.368 e. The third-order valence-corrected chi connectivity index (χ3v) is 4.04. The van der Waals surface area contributed by atoms with Crippen LogP contribution in [0.25, 0.3) is 22.5 Å². The van der Waals surface area contributed by atoms with Gasteiger partial charge in [-0.3, -0.25) is 0 Å². The van der Waals surface area contributed by atoms with E-state index < -0.39 is 0 Å². The Bertz CT molecular complexity index is 793. The first kappa shape index (κ1) is 17.0. The van der Waals surface area contributed by atoms with E-state index in [-0.39, 0.29) is 17.6 Å². The van der Waals surface area contributed by atoms with Crippen molar-refractivity contribution in [3.8, 4) is 22.5 Å². The van der Waals surface area contributed by atoms with E-state index in [2.05, 4.69) is 16.9 Å². The SMILES string of the molecule is CCCCc1c(-c2ccc(F)cc2)nc(N)nc1-c1ccc(F)cc1. The molecule has 0 unspecified atom stereocenters. The van der Waals surface area contributed by atoms with Gasteiger partial charge in [0.25, 0.3) is 0 Å². The minimum atomic E-state index is -0.306. The van der Waals surface area contributed by atoms with Crippen molar-refractivity contribution in [3.63, 3.8) is 0 Å². The zero-order chi connectivity index (χ0) is 17.8. The lowest BCUT2D eigenvalue weighted by Gasteiger charge is -2.15. The zero-order valence-electron chi connectivity index (χ0n) is 14.0. The number of rotatable bonds is 5. The van der Waals surface area contributed by atoms with Crippen molar-refractivity contribution in [2.24, 2.45) is 0 Å².